The molecule has 1 aromatic rings. The first-order chi connectivity index (χ1) is 9.22. The van der Waals surface area contributed by atoms with Crippen LogP contribution >= 0.6 is 0 Å². The summed E-state index contributed by atoms with van der Waals surface area (Å²) < 4.78 is 5.33. The van der Waals surface area contributed by atoms with Crippen LogP contribution in [0.25, 0.3) is 0 Å². The lowest BCUT2D eigenvalue weighted by atomic mass is 10.0. The first kappa shape index (κ1) is 11.9. The number of carbonyl (C=O) groups excluding carboxylic acids is 2. The summed E-state index contributed by atoms with van der Waals surface area (Å²) >= 11 is 0. The summed E-state index contributed by atoms with van der Waals surface area (Å²) in [5, 5.41) is 9.32. The lowest BCUT2D eigenvalue weighted by molar-refractivity contribution is -0.170. The van der Waals surface area contributed by atoms with Crippen molar-refractivity contribution in [1.29, 1.82) is 5.26 Å². The lowest BCUT2D eigenvalue weighted by Crippen LogP contribution is -2.52. The van der Waals surface area contributed by atoms with Gasteiger partial charge in [-0.2, -0.15) is 5.26 Å². The molecule has 3 unspecified atom stereocenters. The maximum Gasteiger partial charge on any atom is 0.259 e. The van der Waals surface area contributed by atoms with E-state index in [-0.39, 0.29) is 0 Å². The molecule has 2 aliphatic rings. The summed E-state index contributed by atoms with van der Waals surface area (Å²) in [6, 6.07) is 10.0. The van der Waals surface area contributed by atoms with Crippen molar-refractivity contribution in [2.45, 2.75) is 31.1 Å². The number of benzene rings is 1. The standard InChI is InChI=1S/C14H12N2O3/c15-8-10(9-4-2-1-3-5-9)16-13(17)11-6-7-12(19-11)14(16)18/h1-5,10-12H,6-7H2. The number of nitrogens with zero attached hydrogens (tertiary/aromatic N) is 2. The summed E-state index contributed by atoms with van der Waals surface area (Å²) in [4.78, 5) is 25.5. The molecule has 0 N–H and O–H groups in total. The number of rotatable bonds is 2. The molecule has 96 valence electrons. The fourth-order valence-electron chi connectivity index (χ4n) is 2.59. The van der Waals surface area contributed by atoms with Gasteiger partial charge in [-0.05, 0) is 18.4 Å². The van der Waals surface area contributed by atoms with Crippen molar-refractivity contribution in [2.75, 3.05) is 0 Å². The molecule has 2 aliphatic heterocycles. The van der Waals surface area contributed by atoms with Crippen LogP contribution < -0.4 is 0 Å². The highest BCUT2D eigenvalue weighted by Crippen LogP contribution is 2.33. The molecule has 0 saturated carbocycles. The third-order valence-electron chi connectivity index (χ3n) is 3.54. The highest BCUT2D eigenvalue weighted by atomic mass is 16.5. The van der Waals surface area contributed by atoms with Gasteiger partial charge in [0.2, 0.25) is 0 Å². The van der Waals surface area contributed by atoms with Gasteiger partial charge in [-0.25, -0.2) is 0 Å². The molecule has 2 amide bonds. The van der Waals surface area contributed by atoms with E-state index < -0.39 is 30.1 Å². The van der Waals surface area contributed by atoms with E-state index in [4.69, 9.17) is 4.74 Å². The molecular weight excluding hydrogens is 244 g/mol. The Labute approximate surface area is 110 Å². The Hall–Kier alpha value is -2.19. The van der Waals surface area contributed by atoms with Crippen LogP contribution in [0.15, 0.2) is 30.3 Å². The molecule has 3 rings (SSSR count). The van der Waals surface area contributed by atoms with Crippen LogP contribution in [0.4, 0.5) is 0 Å². The van der Waals surface area contributed by atoms with Gasteiger partial charge in [-0.3, -0.25) is 14.5 Å². The van der Waals surface area contributed by atoms with E-state index in [9.17, 15) is 14.9 Å². The number of morpholine rings is 1. The fraction of sp³-hybridized carbons (Fsp3) is 0.357. The molecular formula is C14H12N2O3. The van der Waals surface area contributed by atoms with Crippen molar-refractivity contribution in [3.8, 4) is 6.07 Å². The van der Waals surface area contributed by atoms with Crippen molar-refractivity contribution in [2.24, 2.45) is 0 Å². The number of imide groups is 1. The van der Waals surface area contributed by atoms with Gasteiger partial charge in [-0.15, -0.1) is 0 Å². The Morgan fingerprint density at radius 3 is 2.26 bits per heavy atom. The Bertz CT molecular complexity index is 542. The zero-order valence-electron chi connectivity index (χ0n) is 10.2. The minimum atomic E-state index is -0.867. The molecule has 0 spiro atoms. The SMILES string of the molecule is N#CC(c1ccccc1)N1C(=O)C2CCC(O2)C1=O. The third kappa shape index (κ3) is 1.81. The Balaban J connectivity index is 1.98. The molecule has 2 fully saturated rings. The number of likely N-dealkylation sites (tertiary alicyclic amines) is 1. The van der Waals surface area contributed by atoms with Crippen molar-refractivity contribution >= 4 is 11.8 Å². The number of hydrogen-bond donors (Lipinski definition) is 0. The van der Waals surface area contributed by atoms with E-state index >= 15 is 0 Å². The minimum absolute atomic E-state index is 0.394. The average molecular weight is 256 g/mol. The van der Waals surface area contributed by atoms with Gasteiger partial charge in [-0.1, -0.05) is 30.3 Å². The second kappa shape index (κ2) is 4.48. The number of hydrogen-bond acceptors (Lipinski definition) is 4. The van der Waals surface area contributed by atoms with Gasteiger partial charge < -0.3 is 4.74 Å². The summed E-state index contributed by atoms with van der Waals surface area (Å²) in [6.07, 6.45) is -0.0262. The molecule has 19 heavy (non-hydrogen) atoms. The van der Waals surface area contributed by atoms with Crippen molar-refractivity contribution < 1.29 is 14.3 Å². The average Bonchev–Trinajstić information content (AvgIpc) is 2.89. The van der Waals surface area contributed by atoms with E-state index in [2.05, 4.69) is 0 Å². The van der Waals surface area contributed by atoms with Gasteiger partial charge >= 0.3 is 0 Å². The van der Waals surface area contributed by atoms with E-state index in [1.807, 2.05) is 12.1 Å². The summed E-state index contributed by atoms with van der Waals surface area (Å²) in [6.45, 7) is 0. The summed E-state index contributed by atoms with van der Waals surface area (Å²) in [5.41, 5.74) is 0.646. The van der Waals surface area contributed by atoms with Crippen LogP contribution in [0.2, 0.25) is 0 Å². The largest absolute Gasteiger partial charge is 0.355 e. The van der Waals surface area contributed by atoms with Crippen LogP contribution in [0.3, 0.4) is 0 Å². The first-order valence-electron chi connectivity index (χ1n) is 6.19. The first-order valence-corrected chi connectivity index (χ1v) is 6.19. The van der Waals surface area contributed by atoms with Gasteiger partial charge in [0.15, 0.2) is 6.04 Å². The predicted molar refractivity (Wildman–Crippen MR) is 64.5 cm³/mol. The zero-order chi connectivity index (χ0) is 13.4. The maximum absolute atomic E-state index is 12.2. The third-order valence-corrected chi connectivity index (χ3v) is 3.54. The highest BCUT2D eigenvalue weighted by molar-refractivity contribution is 6.03. The van der Waals surface area contributed by atoms with Crippen LogP contribution in [0, 0.1) is 11.3 Å². The van der Waals surface area contributed by atoms with Crippen molar-refractivity contribution in [3.63, 3.8) is 0 Å². The van der Waals surface area contributed by atoms with E-state index in [1.165, 1.54) is 0 Å². The quantitative estimate of drug-likeness (QED) is 0.745. The summed E-state index contributed by atoms with van der Waals surface area (Å²) in [5.74, 6) is -0.789. The van der Waals surface area contributed by atoms with Gasteiger partial charge in [0.05, 0.1) is 6.07 Å². The topological polar surface area (TPSA) is 70.4 Å². The molecule has 2 heterocycles. The van der Waals surface area contributed by atoms with Crippen molar-refractivity contribution in [3.05, 3.63) is 35.9 Å². The number of carbonyl (C=O) groups is 2. The van der Waals surface area contributed by atoms with Crippen LogP contribution in [-0.4, -0.2) is 28.9 Å². The second-order valence-corrected chi connectivity index (χ2v) is 4.68. The summed E-state index contributed by atoms with van der Waals surface area (Å²) in [7, 11) is 0. The maximum atomic E-state index is 12.2. The van der Waals surface area contributed by atoms with Crippen LogP contribution in [0.5, 0.6) is 0 Å². The second-order valence-electron chi connectivity index (χ2n) is 4.68. The normalized spacial score (nSPS) is 27.2. The lowest BCUT2D eigenvalue weighted by Gasteiger charge is -2.32. The Morgan fingerprint density at radius 2 is 1.74 bits per heavy atom. The minimum Gasteiger partial charge on any atom is -0.355 e. The fourth-order valence-corrected chi connectivity index (χ4v) is 2.59. The predicted octanol–water partition coefficient (Wildman–Crippen LogP) is 1.17. The molecule has 5 heteroatoms. The van der Waals surface area contributed by atoms with E-state index in [0.717, 1.165) is 4.90 Å². The highest BCUT2D eigenvalue weighted by Gasteiger charge is 2.49. The Kier molecular flexibility index (Phi) is 2.80. The van der Waals surface area contributed by atoms with E-state index in [0.29, 0.717) is 18.4 Å². The van der Waals surface area contributed by atoms with Crippen molar-refractivity contribution in [1.82, 2.24) is 4.90 Å². The zero-order valence-corrected chi connectivity index (χ0v) is 10.2. The number of ether oxygens (including phenoxy) is 1. The van der Waals surface area contributed by atoms with E-state index in [1.54, 1.807) is 24.3 Å². The number of amides is 2. The molecule has 0 aromatic heterocycles. The molecule has 2 bridgehead atoms. The molecule has 0 aliphatic carbocycles. The van der Waals surface area contributed by atoms with Gasteiger partial charge in [0, 0.05) is 0 Å². The monoisotopic (exact) mass is 256 g/mol. The molecule has 3 atom stereocenters. The van der Waals surface area contributed by atoms with Crippen LogP contribution in [0.1, 0.15) is 24.4 Å². The Morgan fingerprint density at radius 1 is 1.16 bits per heavy atom. The number of nitriles is 1. The smallest absolute Gasteiger partial charge is 0.259 e. The molecule has 0 radical (unpaired) electrons. The van der Waals surface area contributed by atoms with Gasteiger partial charge in [0.1, 0.15) is 12.2 Å². The number of fused-ring (bicyclic) bond motifs is 2. The molecule has 2 saturated heterocycles. The molecule has 5 nitrogen and oxygen atoms in total. The molecule has 1 aromatic carbocycles. The van der Waals surface area contributed by atoms with Gasteiger partial charge in [0.25, 0.3) is 11.8 Å². The van der Waals surface area contributed by atoms with Crippen LogP contribution in [-0.2, 0) is 14.3 Å².